The molecule has 3 rings (SSSR count). The largest absolute Gasteiger partial charge is 0.493 e. The van der Waals surface area contributed by atoms with Gasteiger partial charge in [-0.2, -0.15) is 0 Å². The van der Waals surface area contributed by atoms with Crippen molar-refractivity contribution in [1.82, 2.24) is 4.90 Å². The molecule has 1 aliphatic heterocycles. The number of amides is 2. The van der Waals surface area contributed by atoms with Gasteiger partial charge in [0.2, 0.25) is 11.8 Å². The topological polar surface area (TPSA) is 93.9 Å². The molecule has 170 valence electrons. The second-order valence-corrected chi connectivity index (χ2v) is 7.77. The minimum atomic E-state index is -0.298. The van der Waals surface area contributed by atoms with E-state index in [1.54, 1.807) is 13.2 Å². The highest BCUT2D eigenvalue weighted by Crippen LogP contribution is 2.29. The van der Waals surface area contributed by atoms with Gasteiger partial charge < -0.3 is 20.5 Å². The zero-order chi connectivity index (χ0) is 22.9. The lowest BCUT2D eigenvalue weighted by atomic mass is 10.1. The number of para-hydroxylation sites is 1. The minimum absolute atomic E-state index is 0.240. The SMILES string of the molecule is CCCOc1ccc(/C=C/C(=O)Nc2ccccc2CN2CCCC2C(N)=O)cc1OC. The molecule has 1 aliphatic rings. The number of hydrogen-bond acceptors (Lipinski definition) is 5. The molecule has 2 aromatic carbocycles. The fourth-order valence-corrected chi connectivity index (χ4v) is 3.80. The summed E-state index contributed by atoms with van der Waals surface area (Å²) in [5.74, 6) is 0.770. The van der Waals surface area contributed by atoms with Gasteiger partial charge in [0.1, 0.15) is 0 Å². The molecule has 0 spiro atoms. The van der Waals surface area contributed by atoms with Gasteiger partial charge in [-0.1, -0.05) is 31.2 Å². The van der Waals surface area contributed by atoms with E-state index in [2.05, 4.69) is 10.2 Å². The standard InChI is InChI=1S/C25H31N3O4/c1-3-15-32-22-12-10-18(16-23(22)31-2)11-13-24(29)27-20-8-5-4-7-19(20)17-28-14-6-9-21(28)25(26)30/h4-5,7-8,10-13,16,21H,3,6,9,14-15,17H2,1-2H3,(H2,26,30)(H,27,29)/b13-11+. The maximum Gasteiger partial charge on any atom is 0.248 e. The molecule has 1 heterocycles. The van der Waals surface area contributed by atoms with E-state index in [1.807, 2.05) is 49.4 Å². The molecule has 2 aromatic rings. The molecular weight excluding hydrogens is 406 g/mol. The number of anilines is 1. The number of hydrogen-bond donors (Lipinski definition) is 2. The van der Waals surface area contributed by atoms with Gasteiger partial charge in [0.15, 0.2) is 11.5 Å². The fraction of sp³-hybridized carbons (Fsp3) is 0.360. The van der Waals surface area contributed by atoms with Crippen LogP contribution in [0.3, 0.4) is 0 Å². The Bertz CT molecular complexity index is 973. The number of likely N-dealkylation sites (tertiary alicyclic amines) is 1. The third kappa shape index (κ3) is 6.11. The van der Waals surface area contributed by atoms with Crippen molar-refractivity contribution in [1.29, 1.82) is 0 Å². The van der Waals surface area contributed by atoms with Crippen LogP contribution < -0.4 is 20.5 Å². The maximum absolute atomic E-state index is 12.6. The Morgan fingerprint density at radius 3 is 2.78 bits per heavy atom. The van der Waals surface area contributed by atoms with Crippen molar-refractivity contribution in [2.24, 2.45) is 5.73 Å². The van der Waals surface area contributed by atoms with Gasteiger partial charge in [-0.25, -0.2) is 0 Å². The Balaban J connectivity index is 1.66. The van der Waals surface area contributed by atoms with Crippen molar-refractivity contribution in [2.75, 3.05) is 25.6 Å². The predicted molar refractivity (Wildman–Crippen MR) is 126 cm³/mol. The number of carbonyl (C=O) groups is 2. The summed E-state index contributed by atoms with van der Waals surface area (Å²) in [5, 5.41) is 2.94. The molecular formula is C25H31N3O4. The van der Waals surface area contributed by atoms with Crippen molar-refractivity contribution < 1.29 is 19.1 Å². The number of nitrogens with two attached hydrogens (primary N) is 1. The number of benzene rings is 2. The third-order valence-electron chi connectivity index (χ3n) is 5.42. The number of carbonyl (C=O) groups excluding carboxylic acids is 2. The summed E-state index contributed by atoms with van der Waals surface area (Å²) >= 11 is 0. The normalized spacial score (nSPS) is 16.2. The van der Waals surface area contributed by atoms with Gasteiger partial charge in [0.25, 0.3) is 0 Å². The average Bonchev–Trinajstić information content (AvgIpc) is 3.26. The second-order valence-electron chi connectivity index (χ2n) is 7.77. The van der Waals surface area contributed by atoms with E-state index in [1.165, 1.54) is 6.08 Å². The van der Waals surface area contributed by atoms with Gasteiger partial charge in [-0.3, -0.25) is 14.5 Å². The number of nitrogens with zero attached hydrogens (tertiary/aromatic N) is 1. The molecule has 0 aliphatic carbocycles. The molecule has 1 fully saturated rings. The summed E-state index contributed by atoms with van der Waals surface area (Å²) < 4.78 is 11.1. The minimum Gasteiger partial charge on any atom is -0.493 e. The van der Waals surface area contributed by atoms with Crippen molar-refractivity contribution in [3.8, 4) is 11.5 Å². The number of rotatable bonds is 10. The zero-order valence-electron chi connectivity index (χ0n) is 18.7. The lowest BCUT2D eigenvalue weighted by molar-refractivity contribution is -0.122. The molecule has 1 unspecified atom stereocenters. The van der Waals surface area contributed by atoms with Crippen molar-refractivity contribution >= 4 is 23.6 Å². The van der Waals surface area contributed by atoms with Crippen LogP contribution in [0.2, 0.25) is 0 Å². The molecule has 7 nitrogen and oxygen atoms in total. The van der Waals surface area contributed by atoms with E-state index >= 15 is 0 Å². The Morgan fingerprint density at radius 1 is 1.22 bits per heavy atom. The van der Waals surface area contributed by atoms with E-state index in [4.69, 9.17) is 15.2 Å². The van der Waals surface area contributed by atoms with Crippen molar-refractivity contribution in [3.05, 3.63) is 59.7 Å². The van der Waals surface area contributed by atoms with Crippen LogP contribution >= 0.6 is 0 Å². The van der Waals surface area contributed by atoms with Crippen LogP contribution in [0.1, 0.15) is 37.3 Å². The van der Waals surface area contributed by atoms with Gasteiger partial charge in [-0.05, 0) is 61.2 Å². The first-order chi connectivity index (χ1) is 15.5. The monoisotopic (exact) mass is 437 g/mol. The average molecular weight is 438 g/mol. The fourth-order valence-electron chi connectivity index (χ4n) is 3.80. The Hall–Kier alpha value is -3.32. The van der Waals surface area contributed by atoms with E-state index in [9.17, 15) is 9.59 Å². The summed E-state index contributed by atoms with van der Waals surface area (Å²) in [4.78, 5) is 26.3. The molecule has 0 bridgehead atoms. The smallest absolute Gasteiger partial charge is 0.248 e. The quantitative estimate of drug-likeness (QED) is 0.554. The van der Waals surface area contributed by atoms with Gasteiger partial charge in [0.05, 0.1) is 19.8 Å². The number of ether oxygens (including phenoxy) is 2. The summed E-state index contributed by atoms with van der Waals surface area (Å²) in [6, 6.07) is 12.9. The lowest BCUT2D eigenvalue weighted by Gasteiger charge is -2.23. The van der Waals surface area contributed by atoms with Gasteiger partial charge >= 0.3 is 0 Å². The van der Waals surface area contributed by atoms with Crippen LogP contribution in [0.25, 0.3) is 6.08 Å². The molecule has 1 saturated heterocycles. The van der Waals surface area contributed by atoms with Crippen LogP contribution in [0.4, 0.5) is 5.69 Å². The van der Waals surface area contributed by atoms with Crippen LogP contribution in [-0.4, -0.2) is 43.0 Å². The zero-order valence-corrected chi connectivity index (χ0v) is 18.7. The molecule has 7 heteroatoms. The van der Waals surface area contributed by atoms with Gasteiger partial charge in [0, 0.05) is 18.3 Å². The first-order valence-electron chi connectivity index (χ1n) is 10.9. The van der Waals surface area contributed by atoms with E-state index in [-0.39, 0.29) is 17.9 Å². The Kier molecular flexibility index (Phi) is 8.27. The molecule has 2 amide bonds. The van der Waals surface area contributed by atoms with Crippen molar-refractivity contribution in [2.45, 2.75) is 38.8 Å². The van der Waals surface area contributed by atoms with Gasteiger partial charge in [-0.15, -0.1) is 0 Å². The first kappa shape index (κ1) is 23.3. The van der Waals surface area contributed by atoms with Crippen LogP contribution in [0.15, 0.2) is 48.5 Å². The Labute approximate surface area is 189 Å². The third-order valence-corrected chi connectivity index (χ3v) is 5.42. The summed E-state index contributed by atoms with van der Waals surface area (Å²) in [6.45, 7) is 4.03. The van der Waals surface area contributed by atoms with E-state index in [0.717, 1.165) is 42.6 Å². The molecule has 0 aromatic heterocycles. The number of nitrogens with one attached hydrogen (secondary N) is 1. The number of methoxy groups -OCH3 is 1. The second kappa shape index (κ2) is 11.3. The molecule has 32 heavy (non-hydrogen) atoms. The van der Waals surface area contributed by atoms with Crippen LogP contribution in [0.5, 0.6) is 11.5 Å². The highest BCUT2D eigenvalue weighted by atomic mass is 16.5. The Morgan fingerprint density at radius 2 is 2.03 bits per heavy atom. The first-order valence-corrected chi connectivity index (χ1v) is 10.9. The summed E-state index contributed by atoms with van der Waals surface area (Å²) in [6.07, 6.45) is 5.84. The molecule has 1 atom stereocenters. The lowest BCUT2D eigenvalue weighted by Crippen LogP contribution is -2.39. The highest BCUT2D eigenvalue weighted by Gasteiger charge is 2.29. The highest BCUT2D eigenvalue weighted by molar-refractivity contribution is 6.02. The summed E-state index contributed by atoms with van der Waals surface area (Å²) in [5.41, 5.74) is 8.03. The van der Waals surface area contributed by atoms with Crippen LogP contribution in [0, 0.1) is 0 Å². The van der Waals surface area contributed by atoms with Crippen LogP contribution in [-0.2, 0) is 16.1 Å². The predicted octanol–water partition coefficient (Wildman–Crippen LogP) is 3.59. The summed E-state index contributed by atoms with van der Waals surface area (Å²) in [7, 11) is 1.59. The molecule has 0 saturated carbocycles. The van der Waals surface area contributed by atoms with E-state index in [0.29, 0.717) is 24.7 Å². The molecule has 3 N–H and O–H groups in total. The van der Waals surface area contributed by atoms with E-state index < -0.39 is 0 Å². The number of primary amides is 1. The van der Waals surface area contributed by atoms with Crippen molar-refractivity contribution in [3.63, 3.8) is 0 Å². The molecule has 0 radical (unpaired) electrons. The maximum atomic E-state index is 12.6.